The van der Waals surface area contributed by atoms with Gasteiger partial charge in [0.05, 0.1) is 5.56 Å². The van der Waals surface area contributed by atoms with E-state index in [4.69, 9.17) is 0 Å². The minimum absolute atomic E-state index is 0.0468. The Bertz CT molecular complexity index is 578. The van der Waals surface area contributed by atoms with Gasteiger partial charge < -0.3 is 5.32 Å². The summed E-state index contributed by atoms with van der Waals surface area (Å²) in [5.74, 6) is 0.581. The average molecular weight is 309 g/mol. The van der Waals surface area contributed by atoms with Gasteiger partial charge in [0.25, 0.3) is 0 Å². The van der Waals surface area contributed by atoms with Gasteiger partial charge >= 0.3 is 6.18 Å². The van der Waals surface area contributed by atoms with Crippen LogP contribution in [0.5, 0.6) is 0 Å². The normalized spacial score (nSPS) is 27.5. The average Bonchev–Trinajstić information content (AvgIpc) is 3.09. The van der Waals surface area contributed by atoms with Crippen LogP contribution in [0.3, 0.4) is 0 Å². The van der Waals surface area contributed by atoms with E-state index in [2.05, 4.69) is 17.5 Å². The van der Waals surface area contributed by atoms with Gasteiger partial charge in [-0.05, 0) is 55.7 Å². The Hall–Kier alpha value is -1.78. The number of anilines is 1. The lowest BCUT2D eigenvalue weighted by Gasteiger charge is -2.10. The molecule has 1 saturated carbocycles. The van der Waals surface area contributed by atoms with Gasteiger partial charge in [-0.3, -0.25) is 4.79 Å². The van der Waals surface area contributed by atoms with Crippen molar-refractivity contribution in [2.45, 2.75) is 31.9 Å². The number of allylic oxidation sites excluding steroid dienone is 2. The van der Waals surface area contributed by atoms with Gasteiger partial charge in [-0.15, -0.1) is 0 Å². The van der Waals surface area contributed by atoms with E-state index < -0.39 is 11.7 Å². The smallest absolute Gasteiger partial charge is 0.326 e. The summed E-state index contributed by atoms with van der Waals surface area (Å²) in [4.78, 5) is 12.3. The number of benzene rings is 1. The Balaban J connectivity index is 1.66. The molecule has 2 aliphatic carbocycles. The van der Waals surface area contributed by atoms with Gasteiger partial charge in [-0.1, -0.05) is 18.2 Å². The molecule has 1 aromatic rings. The summed E-state index contributed by atoms with van der Waals surface area (Å²) in [7, 11) is 0. The van der Waals surface area contributed by atoms with E-state index in [0.29, 0.717) is 11.8 Å². The van der Waals surface area contributed by atoms with Crippen LogP contribution < -0.4 is 5.32 Å². The molecule has 5 heteroatoms. The molecular formula is C17H18F3NO. The van der Waals surface area contributed by atoms with Crippen molar-refractivity contribution in [2.75, 3.05) is 5.32 Å². The molecular weight excluding hydrogens is 291 g/mol. The molecule has 1 aromatic carbocycles. The molecule has 0 unspecified atom stereocenters. The van der Waals surface area contributed by atoms with Crippen molar-refractivity contribution in [2.24, 2.45) is 17.8 Å². The summed E-state index contributed by atoms with van der Waals surface area (Å²) in [6.07, 6.45) is 3.84. The van der Waals surface area contributed by atoms with E-state index in [0.717, 1.165) is 37.8 Å². The number of amides is 1. The van der Waals surface area contributed by atoms with E-state index in [1.807, 2.05) is 0 Å². The number of carbonyl (C=O) groups is 1. The number of nitrogens with one attached hydrogen (secondary N) is 1. The molecule has 3 rings (SSSR count). The standard InChI is InChI=1S/C17H18F3NO/c18-17(19,20)11-6-5-7-12(10-11)21-16(22)15-13-8-3-1-2-4-9-14(13)15/h1-2,5-7,10,13-15H,3-4,8-9H2,(H,21,22)/t13-,14-/m0/s1. The Labute approximate surface area is 127 Å². The van der Waals surface area contributed by atoms with Crippen molar-refractivity contribution in [3.05, 3.63) is 42.0 Å². The monoisotopic (exact) mass is 309 g/mol. The summed E-state index contributed by atoms with van der Waals surface area (Å²) in [5, 5.41) is 2.65. The van der Waals surface area contributed by atoms with Crippen LogP contribution in [0, 0.1) is 17.8 Å². The SMILES string of the molecule is O=C(Nc1cccc(C(F)(F)F)c1)C1[C@H]2CCC=CCC[C@H]12. The zero-order valence-electron chi connectivity index (χ0n) is 12.1. The summed E-state index contributed by atoms with van der Waals surface area (Å²) in [5.41, 5.74) is -0.520. The lowest BCUT2D eigenvalue weighted by atomic mass is 10.1. The topological polar surface area (TPSA) is 29.1 Å². The van der Waals surface area contributed by atoms with Crippen molar-refractivity contribution in [3.8, 4) is 0 Å². The van der Waals surface area contributed by atoms with Crippen LogP contribution in [0.2, 0.25) is 0 Å². The molecule has 0 aromatic heterocycles. The van der Waals surface area contributed by atoms with Gasteiger partial charge in [0, 0.05) is 11.6 Å². The lowest BCUT2D eigenvalue weighted by molar-refractivity contribution is -0.137. The molecule has 2 aliphatic rings. The van der Waals surface area contributed by atoms with Gasteiger partial charge in [0.2, 0.25) is 5.91 Å². The Morgan fingerprint density at radius 1 is 1.09 bits per heavy atom. The number of alkyl halides is 3. The number of carbonyl (C=O) groups excluding carboxylic acids is 1. The molecule has 0 radical (unpaired) electrons. The van der Waals surface area contributed by atoms with Crippen molar-refractivity contribution in [1.29, 1.82) is 0 Å². The molecule has 1 N–H and O–H groups in total. The van der Waals surface area contributed by atoms with Gasteiger partial charge in [0.1, 0.15) is 0 Å². The second-order valence-electron chi connectivity index (χ2n) is 6.05. The Morgan fingerprint density at radius 3 is 2.32 bits per heavy atom. The Kier molecular flexibility index (Phi) is 3.98. The van der Waals surface area contributed by atoms with Crippen LogP contribution in [-0.2, 0) is 11.0 Å². The molecule has 0 saturated heterocycles. The minimum atomic E-state index is -4.39. The zero-order chi connectivity index (χ0) is 15.7. The molecule has 22 heavy (non-hydrogen) atoms. The second kappa shape index (κ2) is 5.78. The predicted molar refractivity (Wildman–Crippen MR) is 78.2 cm³/mol. The van der Waals surface area contributed by atoms with Crippen LogP contribution in [0.25, 0.3) is 0 Å². The summed E-state index contributed by atoms with van der Waals surface area (Å²) in [6.45, 7) is 0. The first-order chi connectivity index (χ1) is 10.5. The van der Waals surface area contributed by atoms with Crippen molar-refractivity contribution < 1.29 is 18.0 Å². The first kappa shape index (κ1) is 15.1. The van der Waals surface area contributed by atoms with Crippen LogP contribution in [-0.4, -0.2) is 5.91 Å². The van der Waals surface area contributed by atoms with E-state index in [1.54, 1.807) is 0 Å². The maximum absolute atomic E-state index is 12.7. The number of hydrogen-bond donors (Lipinski definition) is 1. The number of rotatable bonds is 2. The third-order valence-corrected chi connectivity index (χ3v) is 4.59. The highest BCUT2D eigenvalue weighted by Gasteiger charge is 2.53. The van der Waals surface area contributed by atoms with Crippen LogP contribution in [0.4, 0.5) is 18.9 Å². The van der Waals surface area contributed by atoms with E-state index in [1.165, 1.54) is 12.1 Å². The number of fused-ring (bicyclic) bond motifs is 1. The van der Waals surface area contributed by atoms with Crippen molar-refractivity contribution in [3.63, 3.8) is 0 Å². The number of halogens is 3. The van der Waals surface area contributed by atoms with Crippen molar-refractivity contribution in [1.82, 2.24) is 0 Å². The lowest BCUT2D eigenvalue weighted by Crippen LogP contribution is -2.16. The molecule has 0 bridgehead atoms. The zero-order valence-corrected chi connectivity index (χ0v) is 12.1. The summed E-state index contributed by atoms with van der Waals surface area (Å²) in [6, 6.07) is 4.81. The van der Waals surface area contributed by atoms with E-state index in [9.17, 15) is 18.0 Å². The molecule has 0 spiro atoms. The second-order valence-corrected chi connectivity index (χ2v) is 6.05. The van der Waals surface area contributed by atoms with E-state index in [-0.39, 0.29) is 17.5 Å². The van der Waals surface area contributed by atoms with Crippen molar-refractivity contribution >= 4 is 11.6 Å². The first-order valence-corrected chi connectivity index (χ1v) is 7.60. The van der Waals surface area contributed by atoms with E-state index >= 15 is 0 Å². The fourth-order valence-electron chi connectivity index (χ4n) is 3.43. The van der Waals surface area contributed by atoms with Gasteiger partial charge in [0.15, 0.2) is 0 Å². The van der Waals surface area contributed by atoms with Crippen LogP contribution in [0.15, 0.2) is 36.4 Å². The fourth-order valence-corrected chi connectivity index (χ4v) is 3.43. The quantitative estimate of drug-likeness (QED) is 0.793. The largest absolute Gasteiger partial charge is 0.416 e. The number of hydrogen-bond acceptors (Lipinski definition) is 1. The third kappa shape index (κ3) is 3.18. The highest BCUT2D eigenvalue weighted by atomic mass is 19.4. The Morgan fingerprint density at radius 2 is 1.73 bits per heavy atom. The fraction of sp³-hybridized carbons (Fsp3) is 0.471. The third-order valence-electron chi connectivity index (χ3n) is 4.59. The molecule has 1 amide bonds. The minimum Gasteiger partial charge on any atom is -0.326 e. The predicted octanol–water partition coefficient (Wildman–Crippen LogP) is 4.64. The molecule has 2 atom stereocenters. The summed E-state index contributed by atoms with van der Waals surface area (Å²) >= 11 is 0. The molecule has 0 heterocycles. The maximum Gasteiger partial charge on any atom is 0.416 e. The highest BCUT2D eigenvalue weighted by molar-refractivity contribution is 5.95. The molecule has 1 fully saturated rings. The van der Waals surface area contributed by atoms with Crippen LogP contribution in [0.1, 0.15) is 31.2 Å². The van der Waals surface area contributed by atoms with Gasteiger partial charge in [-0.2, -0.15) is 13.2 Å². The first-order valence-electron chi connectivity index (χ1n) is 7.60. The maximum atomic E-state index is 12.7. The molecule has 0 aliphatic heterocycles. The highest BCUT2D eigenvalue weighted by Crippen LogP contribution is 2.53. The summed E-state index contributed by atoms with van der Waals surface area (Å²) < 4.78 is 38.1. The molecule has 118 valence electrons. The van der Waals surface area contributed by atoms with Crippen LogP contribution >= 0.6 is 0 Å². The molecule has 2 nitrogen and oxygen atoms in total. The van der Waals surface area contributed by atoms with Gasteiger partial charge in [-0.25, -0.2) is 0 Å².